The normalized spacial score (nSPS) is 12.4. The fourth-order valence-corrected chi connectivity index (χ4v) is 20.3. The molecule has 137 heavy (non-hydrogen) atoms. The van der Waals surface area contributed by atoms with Crippen molar-refractivity contribution in [1.29, 1.82) is 0 Å². The van der Waals surface area contributed by atoms with Crippen molar-refractivity contribution < 1.29 is 90.3 Å². The quantitative estimate of drug-likeness (QED) is 0.0222. The number of hydrogen-bond donors (Lipinski definition) is 5. The molecule has 0 amide bonds. The summed E-state index contributed by atoms with van der Waals surface area (Å²) in [5.74, 6) is -1.64. The number of ketones is 1. The predicted octanol–water partition coefficient (Wildman–Crippen LogP) is 18.7. The number of aromatic carboxylic acids is 3. The fourth-order valence-electron chi connectivity index (χ4n) is 16.5. The molecule has 0 bridgehead atoms. The van der Waals surface area contributed by atoms with Crippen molar-refractivity contribution in [2.24, 2.45) is 0 Å². The maximum absolute atomic E-state index is 12.1. The Morgan fingerprint density at radius 2 is 0.949 bits per heavy atom. The Kier molecular flexibility index (Phi) is 32.2. The van der Waals surface area contributed by atoms with E-state index >= 15 is 0 Å². The molecule has 11 aromatic rings. The van der Waals surface area contributed by atoms with Crippen molar-refractivity contribution in [3.63, 3.8) is 0 Å². The van der Waals surface area contributed by atoms with E-state index in [-0.39, 0.29) is 64.0 Å². The summed E-state index contributed by atoms with van der Waals surface area (Å²) >= 11 is 0. The Labute approximate surface area is 792 Å². The van der Waals surface area contributed by atoms with Crippen LogP contribution >= 0.6 is 0 Å². The molecule has 0 unspecified atom stereocenters. The number of rotatable bonds is 14. The summed E-state index contributed by atoms with van der Waals surface area (Å²) in [4.78, 5) is 100. The molecule has 0 radical (unpaired) electrons. The Morgan fingerprint density at radius 1 is 0.496 bits per heavy atom. The topological polar surface area (TPSA) is 371 Å². The summed E-state index contributed by atoms with van der Waals surface area (Å²) in [6.45, 7) is 12.9. The van der Waals surface area contributed by atoms with Gasteiger partial charge in [-0.3, -0.25) is 9.59 Å². The van der Waals surface area contributed by atoms with Crippen LogP contribution in [0, 0.1) is 6.92 Å². The molecule has 694 valence electrons. The molecule has 7 aliphatic rings. The number of allylic oxidation sites excluding steroid dienone is 10. The van der Waals surface area contributed by atoms with Crippen LogP contribution in [0.15, 0.2) is 332 Å². The third-order valence-electron chi connectivity index (χ3n) is 23.2. The number of nitrogens with zero attached hydrogens (tertiary/aromatic N) is 6. The number of phenolic OH excluding ortho intramolecular Hbond substituents is 2. The van der Waals surface area contributed by atoms with E-state index in [0.717, 1.165) is 96.6 Å². The number of carboxylic acids is 3. The van der Waals surface area contributed by atoms with E-state index in [1.807, 2.05) is 83.6 Å². The molecular formula is C110H102N6O19SSi+2. The van der Waals surface area contributed by atoms with E-state index in [1.165, 1.54) is 99.3 Å². The lowest BCUT2D eigenvalue weighted by molar-refractivity contribution is -0.462. The van der Waals surface area contributed by atoms with E-state index in [9.17, 15) is 62.5 Å². The Hall–Kier alpha value is -16.7. The zero-order valence-corrected chi connectivity index (χ0v) is 78.6. The second kappa shape index (κ2) is 43.8. The van der Waals surface area contributed by atoms with Crippen molar-refractivity contribution in [3.8, 4) is 56.4 Å². The highest BCUT2D eigenvalue weighted by atomic mass is 32.2. The molecule has 4 heterocycles. The van der Waals surface area contributed by atoms with Gasteiger partial charge in [-0.25, -0.2) is 36.9 Å². The smallest absolute Gasteiger partial charge is 0.373 e. The minimum Gasteiger partial charge on any atom is -0.744 e. The molecule has 0 spiro atoms. The first-order valence-electron chi connectivity index (χ1n) is 42.9. The summed E-state index contributed by atoms with van der Waals surface area (Å²) in [5.41, 5.74) is 20.0. The van der Waals surface area contributed by atoms with Crippen molar-refractivity contribution in [1.82, 2.24) is 9.56 Å². The van der Waals surface area contributed by atoms with Gasteiger partial charge in [0.1, 0.15) is 79.6 Å². The molecule has 18 rings (SSSR count). The Bertz CT molecular complexity index is 7650. The highest BCUT2D eigenvalue weighted by Crippen LogP contribution is 2.47. The molecule has 25 nitrogen and oxygen atoms in total. The average molecular weight is 1870 g/mol. The predicted molar refractivity (Wildman–Crippen MR) is 540 cm³/mol. The van der Waals surface area contributed by atoms with Gasteiger partial charge in [0.25, 0.3) is 0 Å². The van der Waals surface area contributed by atoms with Crippen molar-refractivity contribution in [2.45, 2.75) is 46.2 Å². The molecule has 6 N–H and O–H groups in total. The molecule has 1 aromatic heterocycles. The van der Waals surface area contributed by atoms with Gasteiger partial charge < -0.3 is 53.6 Å². The van der Waals surface area contributed by atoms with Gasteiger partial charge in [-0.05, 0) is 220 Å². The lowest BCUT2D eigenvalue weighted by atomic mass is 9.87. The van der Waals surface area contributed by atoms with E-state index in [2.05, 4.69) is 170 Å². The molecule has 27 heteroatoms. The maximum atomic E-state index is 12.1. The maximum Gasteiger partial charge on any atom is 0.373 e. The van der Waals surface area contributed by atoms with Gasteiger partial charge in [0, 0.05) is 151 Å². The molecule has 0 fully saturated rings. The first-order chi connectivity index (χ1) is 64.9. The SMILES string of the molecule is C.CC[N+](CC)=c1ccc2c(-c3ccccc3C(=O)O)c3ccc(C)cc3oc-2c1.CN(C)c1ccc2c(c1)[Si](C)(C)C1=CC(=[N+](C)C)C=CC1=C2c1ccccc1C(=O)O.CN(C)c1ccc2cc3ccc(N(C)C)cc3nc2c1.O=C(O)c1ccccc1-c1c2ccc(=O)cc-2oc2cc(O)ccc12.O=C=O.O=C=O.O=S(=O)([O-])c1ccccc1C(=C1C=CC(=[OH+])C=C1)c1ccc(O)cc1. The van der Waals surface area contributed by atoms with Crippen LogP contribution in [0.5, 0.6) is 11.5 Å². The van der Waals surface area contributed by atoms with Gasteiger partial charge in [0.2, 0.25) is 5.36 Å². The Balaban J connectivity index is 0.000000162. The number of fused-ring (bicyclic) bond motifs is 8. The molecule has 0 saturated heterocycles. The third-order valence-corrected chi connectivity index (χ3v) is 27.6. The molecule has 3 aliphatic heterocycles. The number of hydrogen-bond acceptors (Lipinski definition) is 19. The number of aromatic hydroxyl groups is 2. The van der Waals surface area contributed by atoms with Gasteiger partial charge in [-0.1, -0.05) is 136 Å². The van der Waals surface area contributed by atoms with Crippen LogP contribution < -0.4 is 35.2 Å². The van der Waals surface area contributed by atoms with E-state index in [4.69, 9.17) is 33.0 Å². The number of carbonyl (C=O) groups is 3. The van der Waals surface area contributed by atoms with Crippen LogP contribution in [0.3, 0.4) is 0 Å². The van der Waals surface area contributed by atoms with E-state index in [1.54, 1.807) is 91.0 Å². The lowest BCUT2D eigenvalue weighted by Crippen LogP contribution is -2.49. The minimum absolute atomic E-state index is 0. The molecular weight excluding hydrogens is 1770 g/mol. The number of carbonyl (C=O) groups excluding carboxylic acids is 5. The minimum atomic E-state index is -4.68. The van der Waals surface area contributed by atoms with Crippen LogP contribution in [-0.4, -0.2) is 172 Å². The first-order valence-corrected chi connectivity index (χ1v) is 47.3. The average Bonchev–Trinajstić information content (AvgIpc) is 0.731. The van der Waals surface area contributed by atoms with Crippen molar-refractivity contribution in [3.05, 3.63) is 374 Å². The first kappa shape index (κ1) is 101. The second-order valence-corrected chi connectivity index (χ2v) is 38.7. The number of benzene rings is 12. The Morgan fingerprint density at radius 3 is 1.46 bits per heavy atom. The van der Waals surface area contributed by atoms with Gasteiger partial charge in [-0.15, -0.1) is 0 Å². The molecule has 0 saturated carbocycles. The zero-order valence-electron chi connectivity index (χ0n) is 76.8. The highest BCUT2D eigenvalue weighted by molar-refractivity contribution is 7.85. The van der Waals surface area contributed by atoms with Gasteiger partial charge in [0.15, 0.2) is 11.1 Å². The van der Waals surface area contributed by atoms with Crippen LogP contribution in [0.25, 0.3) is 99.8 Å². The van der Waals surface area contributed by atoms with Crippen LogP contribution in [-0.2, 0) is 29.3 Å². The van der Waals surface area contributed by atoms with Crippen molar-refractivity contribution in [2.75, 3.05) is 84.2 Å². The number of pyridine rings is 1. The van der Waals surface area contributed by atoms with Crippen LogP contribution in [0.2, 0.25) is 13.1 Å². The van der Waals surface area contributed by atoms with Gasteiger partial charge in [-0.2, -0.15) is 19.2 Å². The number of phenols is 2. The fraction of sp³-hybridized carbons (Fsp3) is 0.145. The van der Waals surface area contributed by atoms with Crippen molar-refractivity contribution >= 4 is 137 Å². The summed E-state index contributed by atoms with van der Waals surface area (Å²) in [6.07, 6.45) is 13.3. The molecule has 10 aromatic carbocycles. The summed E-state index contributed by atoms with van der Waals surface area (Å²) in [6, 6.07) is 76.2. The number of carboxylic acid groups (broad SMARTS) is 3. The monoisotopic (exact) mass is 1870 g/mol. The van der Waals surface area contributed by atoms with E-state index in [0.29, 0.717) is 61.3 Å². The number of anilines is 3. The summed E-state index contributed by atoms with van der Waals surface area (Å²) in [7, 11) is 9.71. The van der Waals surface area contributed by atoms with E-state index < -0.39 is 36.1 Å². The number of aryl methyl sites for hydroxylation is 1. The largest absolute Gasteiger partial charge is 0.744 e. The lowest BCUT2D eigenvalue weighted by Gasteiger charge is -2.38. The molecule has 0 atom stereocenters. The van der Waals surface area contributed by atoms with Gasteiger partial charge >= 0.3 is 36.0 Å². The zero-order chi connectivity index (χ0) is 98.3. The second-order valence-electron chi connectivity index (χ2n) is 33.1. The summed E-state index contributed by atoms with van der Waals surface area (Å²) < 4.78 is 51.5. The highest BCUT2D eigenvalue weighted by Gasteiger charge is 2.41. The summed E-state index contributed by atoms with van der Waals surface area (Å²) in [5, 5.41) is 56.2. The standard InChI is InChI=1S/C26H28N2O2Si.C25H23NO3.C20H12O5.C19H14O5S.C17H19N3.2CO2.CH4/c1-27(2)17-11-13-21-23(15-17)31(5,6)24-16-18(28(3)4)12-14-22(24)25(21)19-9-7-8-10-20(19)26(29)30;1-4-26(5-2)17-11-13-21-23(15-17)29-22-14-16(3)10-12-20(22)24(21)18-8-6-7-9-19(18)25(27)28;21-11-5-7-15-17(9-11)25-18-10-12(22)6-8-16(18)19(15)13-3-1-2-4-14(13)20(23)24;20-15-9-5-13(6-10-15)19(14-7-11-16(21)12-8-14)17-3-1-2-4-18(17)25(22,23)24;1-19(2)14-7-5-12-9-13-6-8-15(20(3)4)11-17(13)18-16(12)10-14;2*2-1-3;/h7-16H,1-6H3;6-15H,4-5H2,1-3H3;1-10,21H,(H,23,24);1-12,20H,(H,22,23,24);5-11H,1-4H3;;;1H4/p+2. The van der Waals surface area contributed by atoms with Crippen LogP contribution in [0.1, 0.15) is 80.2 Å². The molecule has 4 aliphatic carbocycles. The van der Waals surface area contributed by atoms with Crippen LogP contribution in [0.4, 0.5) is 17.1 Å². The number of aromatic nitrogens is 1. The van der Waals surface area contributed by atoms with Gasteiger partial charge in [0.05, 0.1) is 38.7 Å². The third kappa shape index (κ3) is 22.6.